The van der Waals surface area contributed by atoms with E-state index in [0.717, 1.165) is 38.0 Å². The Kier molecular flexibility index (Phi) is 3.69. The smallest absolute Gasteiger partial charge is 0.315 e. The maximum absolute atomic E-state index is 12.4. The van der Waals surface area contributed by atoms with Gasteiger partial charge in [-0.1, -0.05) is 11.2 Å². The first-order chi connectivity index (χ1) is 12.7. The number of hydrogen-bond donors (Lipinski definition) is 1. The van der Waals surface area contributed by atoms with Gasteiger partial charge in [-0.2, -0.15) is 0 Å². The van der Waals surface area contributed by atoms with Gasteiger partial charge in [-0.15, -0.1) is 5.10 Å². The summed E-state index contributed by atoms with van der Waals surface area (Å²) in [6, 6.07) is 6.27. The van der Waals surface area contributed by atoms with Crippen molar-refractivity contribution in [2.75, 3.05) is 25.0 Å². The summed E-state index contributed by atoms with van der Waals surface area (Å²) < 4.78 is 5.71. The molecule has 3 aliphatic rings. The van der Waals surface area contributed by atoms with Crippen LogP contribution >= 0.6 is 0 Å². The number of aromatic nitrogens is 3. The second kappa shape index (κ2) is 6.07. The van der Waals surface area contributed by atoms with Gasteiger partial charge in [0, 0.05) is 36.8 Å². The second-order valence-corrected chi connectivity index (χ2v) is 7.88. The number of rotatable bonds is 5. The molecule has 0 radical (unpaired) electrons. The molecule has 136 valence electrons. The van der Waals surface area contributed by atoms with E-state index in [9.17, 15) is 4.79 Å². The highest BCUT2D eigenvalue weighted by Crippen LogP contribution is 2.54. The van der Waals surface area contributed by atoms with Crippen molar-refractivity contribution < 1.29 is 9.21 Å². The molecule has 1 N–H and O–H groups in total. The van der Waals surface area contributed by atoms with E-state index in [1.165, 1.54) is 12.8 Å². The van der Waals surface area contributed by atoms with Gasteiger partial charge < -0.3 is 14.6 Å². The normalized spacial score (nSPS) is 25.9. The first-order valence-electron chi connectivity index (χ1n) is 9.48. The summed E-state index contributed by atoms with van der Waals surface area (Å²) in [5.74, 6) is 1.33. The Balaban J connectivity index is 1.13. The quantitative estimate of drug-likeness (QED) is 0.889. The van der Waals surface area contributed by atoms with Crippen LogP contribution in [0.15, 0.2) is 28.8 Å². The maximum Gasteiger partial charge on any atom is 0.315 e. The number of nitrogens with zero attached hydrogens (tertiary/aromatic N) is 4. The summed E-state index contributed by atoms with van der Waals surface area (Å²) in [5, 5.41) is 11.2. The lowest BCUT2D eigenvalue weighted by Crippen LogP contribution is -2.41. The fraction of sp³-hybridized carbons (Fsp3) is 0.579. The number of likely N-dealkylation sites (tertiary alicyclic amines) is 1. The molecule has 2 saturated carbocycles. The maximum atomic E-state index is 12.4. The van der Waals surface area contributed by atoms with Crippen LogP contribution in [-0.2, 0) is 4.79 Å². The zero-order valence-corrected chi connectivity index (χ0v) is 14.7. The molecule has 2 atom stereocenters. The van der Waals surface area contributed by atoms with Crippen LogP contribution in [-0.4, -0.2) is 45.6 Å². The lowest BCUT2D eigenvalue weighted by atomic mass is 9.94. The fourth-order valence-corrected chi connectivity index (χ4v) is 4.02. The first-order valence-corrected chi connectivity index (χ1v) is 9.48. The van der Waals surface area contributed by atoms with Crippen LogP contribution in [0.4, 0.5) is 6.01 Å². The topological polar surface area (TPSA) is 84.2 Å². The highest BCUT2D eigenvalue weighted by molar-refractivity contribution is 5.80. The predicted molar refractivity (Wildman–Crippen MR) is 94.6 cm³/mol. The second-order valence-electron chi connectivity index (χ2n) is 7.88. The third kappa shape index (κ3) is 3.06. The summed E-state index contributed by atoms with van der Waals surface area (Å²) in [5.41, 5.74) is 1.65. The van der Waals surface area contributed by atoms with Crippen molar-refractivity contribution in [2.24, 2.45) is 5.41 Å². The number of piperidine rings is 1. The van der Waals surface area contributed by atoms with Crippen LogP contribution in [0.1, 0.15) is 55.5 Å². The van der Waals surface area contributed by atoms with Gasteiger partial charge in [0.2, 0.25) is 11.8 Å². The van der Waals surface area contributed by atoms with E-state index < -0.39 is 0 Å². The molecule has 0 aromatic carbocycles. The minimum Gasteiger partial charge on any atom is -0.408 e. The minimum atomic E-state index is 0.109. The Morgan fingerprint density at radius 3 is 2.77 bits per heavy atom. The molecule has 0 bridgehead atoms. The van der Waals surface area contributed by atoms with Crippen LogP contribution in [0.2, 0.25) is 0 Å². The lowest BCUT2D eigenvalue weighted by molar-refractivity contribution is -0.130. The van der Waals surface area contributed by atoms with Gasteiger partial charge >= 0.3 is 6.01 Å². The fourth-order valence-electron chi connectivity index (χ4n) is 4.02. The van der Waals surface area contributed by atoms with Gasteiger partial charge in [0.15, 0.2) is 0 Å². The van der Waals surface area contributed by atoms with Crippen LogP contribution in [0, 0.1) is 5.41 Å². The molecule has 2 aromatic heterocycles. The molecule has 7 heteroatoms. The van der Waals surface area contributed by atoms with E-state index >= 15 is 0 Å². The van der Waals surface area contributed by atoms with Crippen LogP contribution in [0.3, 0.4) is 0 Å². The van der Waals surface area contributed by atoms with Crippen molar-refractivity contribution >= 4 is 11.9 Å². The van der Waals surface area contributed by atoms with Gasteiger partial charge in [-0.05, 0) is 49.7 Å². The zero-order chi connectivity index (χ0) is 17.6. The number of nitrogens with one attached hydrogen (secondary N) is 1. The van der Waals surface area contributed by atoms with Gasteiger partial charge in [0.25, 0.3) is 0 Å². The highest BCUT2D eigenvalue weighted by atomic mass is 16.4. The molecule has 2 aromatic rings. The summed E-state index contributed by atoms with van der Waals surface area (Å²) >= 11 is 0. The van der Waals surface area contributed by atoms with E-state index in [4.69, 9.17) is 4.42 Å². The zero-order valence-electron chi connectivity index (χ0n) is 14.7. The van der Waals surface area contributed by atoms with Crippen molar-refractivity contribution in [3.05, 3.63) is 36.0 Å². The molecule has 1 spiro atoms. The number of anilines is 1. The van der Waals surface area contributed by atoms with Gasteiger partial charge in [0.1, 0.15) is 0 Å². The third-order valence-corrected chi connectivity index (χ3v) is 6.14. The number of pyridine rings is 1. The Labute approximate surface area is 152 Å². The minimum absolute atomic E-state index is 0.109. The standard InChI is InChI=1S/C19H23N5O2/c25-16(24-9-6-19(4-5-19)7-10-24)12-21-18-23-22-17(26-18)14-11-13(14)15-3-1-2-8-20-15/h1-3,8,13-14H,4-7,9-12H2,(H,21,23)/t13-,14+/m0/s1. The highest BCUT2D eigenvalue weighted by Gasteiger charge is 2.45. The van der Waals surface area contributed by atoms with Gasteiger partial charge in [-0.25, -0.2) is 0 Å². The third-order valence-electron chi connectivity index (χ3n) is 6.14. The Bertz CT molecular complexity index is 791. The van der Waals surface area contributed by atoms with Crippen LogP contribution < -0.4 is 5.32 Å². The summed E-state index contributed by atoms with van der Waals surface area (Å²) in [7, 11) is 0. The Morgan fingerprint density at radius 1 is 1.19 bits per heavy atom. The summed E-state index contributed by atoms with van der Waals surface area (Å²) in [4.78, 5) is 18.7. The summed E-state index contributed by atoms with van der Waals surface area (Å²) in [6.07, 6.45) is 7.79. The molecule has 3 heterocycles. The van der Waals surface area contributed by atoms with Crippen LogP contribution in [0.25, 0.3) is 0 Å². The van der Waals surface area contributed by atoms with E-state index in [-0.39, 0.29) is 18.4 Å². The lowest BCUT2D eigenvalue weighted by Gasteiger charge is -2.32. The van der Waals surface area contributed by atoms with Crippen molar-refractivity contribution in [1.29, 1.82) is 0 Å². The number of carbonyl (C=O) groups excluding carboxylic acids is 1. The van der Waals surface area contributed by atoms with E-state index in [2.05, 4.69) is 20.5 Å². The van der Waals surface area contributed by atoms with Gasteiger partial charge in [0.05, 0.1) is 6.54 Å². The molecule has 1 saturated heterocycles. The average Bonchev–Trinajstić information content (AvgIpc) is 3.60. The van der Waals surface area contributed by atoms with Crippen molar-refractivity contribution in [3.8, 4) is 0 Å². The number of amides is 1. The Hall–Kier alpha value is -2.44. The average molecular weight is 353 g/mol. The molecule has 1 aliphatic heterocycles. The molecule has 2 aliphatic carbocycles. The summed E-state index contributed by atoms with van der Waals surface area (Å²) in [6.45, 7) is 1.97. The van der Waals surface area contributed by atoms with Crippen molar-refractivity contribution in [2.45, 2.75) is 43.9 Å². The van der Waals surface area contributed by atoms with E-state index in [1.54, 1.807) is 0 Å². The SMILES string of the molecule is O=C(CNc1nnc([C@@H]2C[C@@H]2c2ccccn2)o1)N1CCC2(CC1)CC2. The monoisotopic (exact) mass is 353 g/mol. The number of carbonyl (C=O) groups is 1. The van der Waals surface area contributed by atoms with Gasteiger partial charge in [-0.3, -0.25) is 9.78 Å². The number of hydrogen-bond acceptors (Lipinski definition) is 6. The molecule has 3 fully saturated rings. The molecular formula is C19H23N5O2. The van der Waals surface area contributed by atoms with E-state index in [1.807, 2.05) is 29.3 Å². The molecule has 0 unspecified atom stereocenters. The van der Waals surface area contributed by atoms with E-state index in [0.29, 0.717) is 23.2 Å². The molecular weight excluding hydrogens is 330 g/mol. The molecule has 1 amide bonds. The molecule has 5 rings (SSSR count). The molecule has 7 nitrogen and oxygen atoms in total. The molecule has 26 heavy (non-hydrogen) atoms. The largest absolute Gasteiger partial charge is 0.408 e. The van der Waals surface area contributed by atoms with Crippen molar-refractivity contribution in [3.63, 3.8) is 0 Å². The Morgan fingerprint density at radius 2 is 2.04 bits per heavy atom. The predicted octanol–water partition coefficient (Wildman–Crippen LogP) is 2.55. The first kappa shape index (κ1) is 15.8. The van der Waals surface area contributed by atoms with Crippen LogP contribution in [0.5, 0.6) is 0 Å². The van der Waals surface area contributed by atoms with Crippen molar-refractivity contribution in [1.82, 2.24) is 20.1 Å².